The molecule has 112 valence electrons. The fourth-order valence-corrected chi connectivity index (χ4v) is 2.89. The number of hydrogen-bond donors (Lipinski definition) is 1. The van der Waals surface area contributed by atoms with Crippen molar-refractivity contribution < 1.29 is 4.74 Å². The van der Waals surface area contributed by atoms with Crippen molar-refractivity contribution in [1.29, 1.82) is 0 Å². The monoisotopic (exact) mass is 276 g/mol. The van der Waals surface area contributed by atoms with Gasteiger partial charge >= 0.3 is 0 Å². The second kappa shape index (κ2) is 8.28. The van der Waals surface area contributed by atoms with E-state index in [-0.39, 0.29) is 0 Å². The zero-order valence-electron chi connectivity index (χ0n) is 12.9. The number of ether oxygens (including phenoxy) is 1. The van der Waals surface area contributed by atoms with Crippen LogP contribution in [0.1, 0.15) is 31.7 Å². The van der Waals surface area contributed by atoms with Gasteiger partial charge in [-0.3, -0.25) is 0 Å². The quantitative estimate of drug-likeness (QED) is 0.864. The molecule has 1 saturated heterocycles. The molecule has 3 nitrogen and oxygen atoms in total. The largest absolute Gasteiger partial charge is 0.497 e. The lowest BCUT2D eigenvalue weighted by Gasteiger charge is -2.18. The van der Waals surface area contributed by atoms with Crippen LogP contribution in [0.4, 0.5) is 0 Å². The van der Waals surface area contributed by atoms with E-state index in [4.69, 9.17) is 4.74 Å². The molecule has 1 atom stereocenters. The van der Waals surface area contributed by atoms with Crippen LogP contribution in [0.25, 0.3) is 0 Å². The Morgan fingerprint density at radius 3 is 2.70 bits per heavy atom. The number of nitrogens with one attached hydrogen (secondary N) is 1. The predicted molar refractivity (Wildman–Crippen MR) is 84.5 cm³/mol. The minimum atomic E-state index is 0.699. The smallest absolute Gasteiger partial charge is 0.118 e. The van der Waals surface area contributed by atoms with Crippen molar-refractivity contribution in [1.82, 2.24) is 10.2 Å². The average Bonchev–Trinajstić information content (AvgIpc) is 2.73. The number of hydrogen-bond acceptors (Lipinski definition) is 3. The van der Waals surface area contributed by atoms with E-state index < -0.39 is 0 Å². The van der Waals surface area contributed by atoms with Gasteiger partial charge < -0.3 is 15.0 Å². The Kier molecular flexibility index (Phi) is 6.34. The van der Waals surface area contributed by atoms with Gasteiger partial charge in [-0.15, -0.1) is 0 Å². The number of nitrogens with zero attached hydrogens (tertiary/aromatic N) is 1. The van der Waals surface area contributed by atoms with Crippen LogP contribution in [-0.2, 0) is 6.42 Å². The first-order valence-electron chi connectivity index (χ1n) is 7.90. The van der Waals surface area contributed by atoms with E-state index >= 15 is 0 Å². The summed E-state index contributed by atoms with van der Waals surface area (Å²) in [6, 6.07) is 9.10. The fourth-order valence-electron chi connectivity index (χ4n) is 2.89. The first-order valence-corrected chi connectivity index (χ1v) is 7.90. The predicted octanol–water partition coefficient (Wildman–Crippen LogP) is 2.70. The van der Waals surface area contributed by atoms with Gasteiger partial charge in [0.25, 0.3) is 0 Å². The third-order valence-electron chi connectivity index (χ3n) is 4.27. The molecule has 0 aliphatic carbocycles. The molecule has 0 spiro atoms. The van der Waals surface area contributed by atoms with Crippen molar-refractivity contribution in [3.8, 4) is 5.75 Å². The van der Waals surface area contributed by atoms with Gasteiger partial charge in [0.15, 0.2) is 0 Å². The number of benzene rings is 1. The van der Waals surface area contributed by atoms with Crippen LogP contribution < -0.4 is 10.1 Å². The van der Waals surface area contributed by atoms with Crippen molar-refractivity contribution in [2.24, 2.45) is 0 Å². The summed E-state index contributed by atoms with van der Waals surface area (Å²) in [6.07, 6.45) is 5.03. The molecule has 0 aromatic heterocycles. The van der Waals surface area contributed by atoms with Crippen LogP contribution in [0.3, 0.4) is 0 Å². The van der Waals surface area contributed by atoms with Gasteiger partial charge in [0.1, 0.15) is 5.75 Å². The molecular formula is C17H28N2O. The second-order valence-electron chi connectivity index (χ2n) is 5.61. The molecule has 1 aliphatic rings. The van der Waals surface area contributed by atoms with E-state index in [2.05, 4.69) is 29.3 Å². The van der Waals surface area contributed by atoms with Gasteiger partial charge in [0, 0.05) is 6.04 Å². The van der Waals surface area contributed by atoms with Gasteiger partial charge in [0.05, 0.1) is 7.11 Å². The maximum Gasteiger partial charge on any atom is 0.118 e. The van der Waals surface area contributed by atoms with Gasteiger partial charge in [-0.2, -0.15) is 0 Å². The normalized spacial score (nSPS) is 20.6. The summed E-state index contributed by atoms with van der Waals surface area (Å²) in [5.74, 6) is 0.935. The lowest BCUT2D eigenvalue weighted by atomic mass is 10.1. The van der Waals surface area contributed by atoms with E-state index in [9.17, 15) is 0 Å². The number of rotatable bonds is 6. The standard InChI is InChI=1S/C17H28N2O/c1-3-19-13-4-5-16(11-14-19)18-12-10-15-6-8-17(20-2)9-7-15/h6-9,16,18H,3-5,10-14H2,1-2H3. The summed E-state index contributed by atoms with van der Waals surface area (Å²) in [6.45, 7) is 7.04. The van der Waals surface area contributed by atoms with Gasteiger partial charge in [-0.05, 0) is 69.6 Å². The molecule has 1 aromatic carbocycles. The highest BCUT2D eigenvalue weighted by Gasteiger charge is 2.14. The van der Waals surface area contributed by atoms with Crippen LogP contribution in [0, 0.1) is 0 Å². The summed E-state index contributed by atoms with van der Waals surface area (Å²) in [5, 5.41) is 3.73. The van der Waals surface area contributed by atoms with E-state index in [1.807, 2.05) is 12.1 Å². The maximum absolute atomic E-state index is 5.18. The molecular weight excluding hydrogens is 248 g/mol. The molecule has 1 N–H and O–H groups in total. The maximum atomic E-state index is 5.18. The SMILES string of the molecule is CCN1CCCC(NCCc2ccc(OC)cc2)CC1. The van der Waals surface area contributed by atoms with Crippen LogP contribution in [0.15, 0.2) is 24.3 Å². The molecule has 0 saturated carbocycles. The van der Waals surface area contributed by atoms with E-state index in [0.29, 0.717) is 6.04 Å². The highest BCUT2D eigenvalue weighted by atomic mass is 16.5. The zero-order valence-corrected chi connectivity index (χ0v) is 12.9. The molecule has 1 heterocycles. The van der Waals surface area contributed by atoms with Crippen molar-refractivity contribution in [3.05, 3.63) is 29.8 Å². The first kappa shape index (κ1) is 15.3. The van der Waals surface area contributed by atoms with E-state index in [1.165, 1.54) is 44.5 Å². The Balaban J connectivity index is 1.69. The average molecular weight is 276 g/mol. The minimum absolute atomic E-state index is 0.699. The lowest BCUT2D eigenvalue weighted by Crippen LogP contribution is -2.32. The van der Waals surface area contributed by atoms with Crippen molar-refractivity contribution in [2.45, 2.75) is 38.6 Å². The summed E-state index contributed by atoms with van der Waals surface area (Å²) in [7, 11) is 1.71. The molecule has 1 aliphatic heterocycles. The van der Waals surface area contributed by atoms with E-state index in [1.54, 1.807) is 7.11 Å². The van der Waals surface area contributed by atoms with E-state index in [0.717, 1.165) is 18.7 Å². The summed E-state index contributed by atoms with van der Waals surface area (Å²) >= 11 is 0. The van der Waals surface area contributed by atoms with Crippen LogP contribution in [-0.4, -0.2) is 44.2 Å². The Labute approximate surface area is 123 Å². The third-order valence-corrected chi connectivity index (χ3v) is 4.27. The molecule has 1 unspecified atom stereocenters. The second-order valence-corrected chi connectivity index (χ2v) is 5.61. The molecule has 3 heteroatoms. The van der Waals surface area contributed by atoms with Gasteiger partial charge in [-0.25, -0.2) is 0 Å². The molecule has 0 amide bonds. The molecule has 0 radical (unpaired) electrons. The van der Waals surface area contributed by atoms with Crippen molar-refractivity contribution in [3.63, 3.8) is 0 Å². The summed E-state index contributed by atoms with van der Waals surface area (Å²) in [5.41, 5.74) is 1.38. The third kappa shape index (κ3) is 4.80. The van der Waals surface area contributed by atoms with Crippen LogP contribution >= 0.6 is 0 Å². The van der Waals surface area contributed by atoms with Crippen molar-refractivity contribution >= 4 is 0 Å². The molecule has 1 aromatic rings. The highest BCUT2D eigenvalue weighted by Crippen LogP contribution is 2.13. The minimum Gasteiger partial charge on any atom is -0.497 e. The first-order chi connectivity index (χ1) is 9.81. The molecule has 2 rings (SSSR count). The summed E-state index contributed by atoms with van der Waals surface area (Å²) in [4.78, 5) is 2.56. The fraction of sp³-hybridized carbons (Fsp3) is 0.647. The Morgan fingerprint density at radius 2 is 2.00 bits per heavy atom. The molecule has 0 bridgehead atoms. The number of likely N-dealkylation sites (tertiary alicyclic amines) is 1. The van der Waals surface area contributed by atoms with Crippen LogP contribution in [0.5, 0.6) is 5.75 Å². The summed E-state index contributed by atoms with van der Waals surface area (Å²) < 4.78 is 5.18. The Morgan fingerprint density at radius 1 is 1.20 bits per heavy atom. The highest BCUT2D eigenvalue weighted by molar-refractivity contribution is 5.27. The van der Waals surface area contributed by atoms with Gasteiger partial charge in [0.2, 0.25) is 0 Å². The molecule has 20 heavy (non-hydrogen) atoms. The van der Waals surface area contributed by atoms with Crippen LogP contribution in [0.2, 0.25) is 0 Å². The molecule has 1 fully saturated rings. The number of methoxy groups -OCH3 is 1. The Bertz CT molecular complexity index is 377. The topological polar surface area (TPSA) is 24.5 Å². The van der Waals surface area contributed by atoms with Gasteiger partial charge in [-0.1, -0.05) is 19.1 Å². The zero-order chi connectivity index (χ0) is 14.2. The lowest BCUT2D eigenvalue weighted by molar-refractivity contribution is 0.297. The Hall–Kier alpha value is -1.06. The van der Waals surface area contributed by atoms with Crippen molar-refractivity contribution in [2.75, 3.05) is 33.3 Å².